The molecule has 0 aromatic heterocycles. The highest BCUT2D eigenvalue weighted by molar-refractivity contribution is 7.88. The molecule has 2 atom stereocenters. The number of hydrogen-bond acceptors (Lipinski definition) is 7. The van der Waals surface area contributed by atoms with E-state index in [1.807, 2.05) is 36.4 Å². The van der Waals surface area contributed by atoms with Gasteiger partial charge in [0, 0.05) is 9.77 Å². The minimum Gasteiger partial charge on any atom is -0.451 e. The molecule has 0 fully saturated rings. The largest absolute Gasteiger partial charge is 0.600 e. The molecule has 182 valence electrons. The van der Waals surface area contributed by atoms with Crippen molar-refractivity contribution in [2.45, 2.75) is 6.29 Å². The second-order valence-corrected chi connectivity index (χ2v) is 8.99. The Morgan fingerprint density at radius 2 is 1.26 bits per heavy atom. The first-order valence-electron chi connectivity index (χ1n) is 9.87. The minimum absolute atomic E-state index is 0.187. The van der Waals surface area contributed by atoms with Crippen LogP contribution < -0.4 is 17.8 Å². The monoisotopic (exact) mass is 523 g/mol. The van der Waals surface area contributed by atoms with Crippen LogP contribution in [0.25, 0.3) is 10.8 Å². The first-order chi connectivity index (χ1) is 16.6. The maximum absolute atomic E-state index is 12.9. The summed E-state index contributed by atoms with van der Waals surface area (Å²) in [5, 5.41) is 1.75. The van der Waals surface area contributed by atoms with Gasteiger partial charge in [-0.1, -0.05) is 46.4 Å². The average Bonchev–Trinajstić information content (AvgIpc) is 2.79. The lowest BCUT2D eigenvalue weighted by atomic mass is 10.0. The lowest BCUT2D eigenvalue weighted by molar-refractivity contribution is 0.00495. The van der Waals surface area contributed by atoms with E-state index >= 15 is 0 Å². The summed E-state index contributed by atoms with van der Waals surface area (Å²) >= 11 is 0. The smallest absolute Gasteiger partial charge is 0.451 e. The van der Waals surface area contributed by atoms with Gasteiger partial charge in [0.1, 0.15) is 21.1 Å². The first-order valence-corrected chi connectivity index (χ1v) is 12.5. The first kappa shape index (κ1) is 24.4. The molecule has 0 aliphatic carbocycles. The normalized spacial score (nSPS) is 14.0. The maximum Gasteiger partial charge on any atom is 0.600 e. The van der Waals surface area contributed by atoms with Crippen LogP contribution in [0.5, 0.6) is 23.0 Å². The van der Waals surface area contributed by atoms with E-state index in [-0.39, 0.29) is 23.0 Å². The third-order valence-electron chi connectivity index (χ3n) is 4.61. The fourth-order valence-electron chi connectivity index (χ4n) is 3.24. The Kier molecular flexibility index (Phi) is 6.87. The molecule has 12 heteroatoms. The summed E-state index contributed by atoms with van der Waals surface area (Å²) in [5.74, 6) is 0.0887. The SMILES string of the molecule is O=S(=O)(F)Oc1ccc(OC(Oc2ccc(O[S+](=O)(O)F)cc2)c2cccc3ccccc23)cc1. The van der Waals surface area contributed by atoms with Gasteiger partial charge in [0.2, 0.25) is 0 Å². The highest BCUT2D eigenvalue weighted by atomic mass is 32.3. The second kappa shape index (κ2) is 9.86. The number of rotatable bonds is 9. The van der Waals surface area contributed by atoms with Crippen LogP contribution in [0, 0.1) is 0 Å². The predicted molar refractivity (Wildman–Crippen MR) is 124 cm³/mol. The van der Waals surface area contributed by atoms with Gasteiger partial charge in [-0.05, 0) is 59.3 Å². The summed E-state index contributed by atoms with van der Waals surface area (Å²) in [7, 11) is -10.1. The molecule has 2 unspecified atom stereocenters. The molecule has 35 heavy (non-hydrogen) atoms. The molecular weight excluding hydrogens is 506 g/mol. The Morgan fingerprint density at radius 1 is 0.743 bits per heavy atom. The molecule has 0 saturated heterocycles. The van der Waals surface area contributed by atoms with Crippen molar-refractivity contribution in [1.29, 1.82) is 0 Å². The van der Waals surface area contributed by atoms with Crippen molar-refractivity contribution in [2.75, 3.05) is 0 Å². The molecular formula is C23H17F2O8S2+. The Balaban J connectivity index is 1.64. The van der Waals surface area contributed by atoms with Gasteiger partial charge < -0.3 is 13.7 Å². The highest BCUT2D eigenvalue weighted by Gasteiger charge is 2.28. The molecule has 0 aliphatic rings. The van der Waals surface area contributed by atoms with Crippen LogP contribution in [0.1, 0.15) is 11.9 Å². The standard InChI is InChI=1S/C23H16F2O8S2/c24-34(26,27)32-19-12-8-17(9-13-19)30-23(22-7-3-5-16-4-1-2-6-21(16)22)31-18-10-14-20(15-11-18)33-35(25,28)29/h1-15,23H/p+1. The van der Waals surface area contributed by atoms with Gasteiger partial charge in [-0.2, -0.15) is 8.42 Å². The van der Waals surface area contributed by atoms with Gasteiger partial charge in [0.25, 0.3) is 6.29 Å². The fraction of sp³-hybridized carbons (Fsp3) is 0.0435. The maximum atomic E-state index is 12.9. The van der Waals surface area contributed by atoms with Crippen molar-refractivity contribution < 1.29 is 42.8 Å². The average molecular weight is 524 g/mol. The number of hydrogen-bond donors (Lipinski definition) is 1. The van der Waals surface area contributed by atoms with Crippen molar-refractivity contribution in [3.63, 3.8) is 0 Å². The Bertz CT molecular complexity index is 1460. The topological polar surface area (TPSA) is 108 Å². The van der Waals surface area contributed by atoms with E-state index in [4.69, 9.17) is 14.0 Å². The molecule has 0 bridgehead atoms. The van der Waals surface area contributed by atoms with Crippen LogP contribution in [0.2, 0.25) is 0 Å². The van der Waals surface area contributed by atoms with E-state index < -0.39 is 27.7 Å². The van der Waals surface area contributed by atoms with Gasteiger partial charge in [-0.3, -0.25) is 0 Å². The van der Waals surface area contributed by atoms with Crippen LogP contribution in [0.4, 0.5) is 7.77 Å². The van der Waals surface area contributed by atoms with Crippen molar-refractivity contribution in [1.82, 2.24) is 0 Å². The van der Waals surface area contributed by atoms with E-state index in [1.54, 1.807) is 6.07 Å². The van der Waals surface area contributed by atoms with E-state index in [0.717, 1.165) is 10.8 Å². The van der Waals surface area contributed by atoms with Crippen LogP contribution in [0.15, 0.2) is 91.0 Å². The molecule has 4 aromatic carbocycles. The summed E-state index contributed by atoms with van der Waals surface area (Å²) in [4.78, 5) is 0. The van der Waals surface area contributed by atoms with Crippen molar-refractivity contribution in [2.24, 2.45) is 0 Å². The van der Waals surface area contributed by atoms with Crippen LogP contribution in [-0.4, -0.2) is 13.0 Å². The number of fused-ring (bicyclic) bond motifs is 1. The van der Waals surface area contributed by atoms with Gasteiger partial charge in [0.15, 0.2) is 5.75 Å². The molecule has 0 heterocycles. The molecule has 0 aliphatic heterocycles. The van der Waals surface area contributed by atoms with Gasteiger partial charge in [-0.25, -0.2) is 4.18 Å². The summed E-state index contributed by atoms with van der Waals surface area (Å²) in [5.41, 5.74) is 0.650. The van der Waals surface area contributed by atoms with Crippen LogP contribution in [-0.2, 0) is 25.6 Å². The molecule has 0 spiro atoms. The van der Waals surface area contributed by atoms with Gasteiger partial charge in [-0.15, -0.1) is 4.55 Å². The van der Waals surface area contributed by atoms with E-state index in [0.29, 0.717) is 5.56 Å². The summed E-state index contributed by atoms with van der Waals surface area (Å²) in [6.07, 6.45) is -1.02. The fourth-order valence-corrected chi connectivity index (χ4v) is 3.92. The van der Waals surface area contributed by atoms with Crippen molar-refractivity contribution >= 4 is 32.2 Å². The molecule has 0 radical (unpaired) electrons. The number of halogens is 2. The molecule has 0 amide bonds. The lowest BCUT2D eigenvalue weighted by Gasteiger charge is -2.22. The zero-order chi connectivity index (χ0) is 25.1. The molecule has 4 aromatic rings. The number of benzene rings is 4. The zero-order valence-corrected chi connectivity index (χ0v) is 19.2. The van der Waals surface area contributed by atoms with Gasteiger partial charge >= 0.3 is 21.4 Å². The number of ether oxygens (including phenoxy) is 2. The lowest BCUT2D eigenvalue weighted by Crippen LogP contribution is -2.15. The minimum atomic E-state index is -5.17. The summed E-state index contributed by atoms with van der Waals surface area (Å²) in [6, 6.07) is 23.5. The highest BCUT2D eigenvalue weighted by Crippen LogP contribution is 2.32. The summed E-state index contributed by atoms with van der Waals surface area (Å²) < 4.78 is 87.0. The Hall–Kier alpha value is -3.74. The molecule has 0 saturated carbocycles. The van der Waals surface area contributed by atoms with E-state index in [1.165, 1.54) is 48.5 Å². The van der Waals surface area contributed by atoms with Crippen molar-refractivity contribution in [3.8, 4) is 23.0 Å². The van der Waals surface area contributed by atoms with E-state index in [9.17, 15) is 20.4 Å². The quantitative estimate of drug-likeness (QED) is 0.168. The molecule has 1 N–H and O–H groups in total. The molecule has 8 nitrogen and oxygen atoms in total. The van der Waals surface area contributed by atoms with Crippen molar-refractivity contribution in [3.05, 3.63) is 96.6 Å². The Labute approximate surface area is 200 Å². The summed E-state index contributed by atoms with van der Waals surface area (Å²) in [6.45, 7) is 0. The van der Waals surface area contributed by atoms with Gasteiger partial charge in [0.05, 0.1) is 0 Å². The van der Waals surface area contributed by atoms with Crippen LogP contribution >= 0.6 is 0 Å². The second-order valence-electron chi connectivity index (χ2n) is 7.05. The predicted octanol–water partition coefficient (Wildman–Crippen LogP) is 5.74. The van der Waals surface area contributed by atoms with Crippen LogP contribution in [0.3, 0.4) is 0 Å². The molecule has 4 rings (SSSR count). The third-order valence-corrected chi connectivity index (χ3v) is 5.40. The zero-order valence-electron chi connectivity index (χ0n) is 17.6. The third kappa shape index (κ3) is 6.88. The van der Waals surface area contributed by atoms with E-state index in [2.05, 4.69) is 8.37 Å². The Morgan fingerprint density at radius 3 is 1.83 bits per heavy atom.